The number of nitrogens with one attached hydrogen (secondary N) is 1. The van der Waals surface area contributed by atoms with Gasteiger partial charge in [0.1, 0.15) is 5.60 Å². The minimum absolute atomic E-state index is 0.0507. The van der Waals surface area contributed by atoms with E-state index in [0.29, 0.717) is 0 Å². The molecule has 0 aliphatic heterocycles. The molecule has 1 N–H and O–H groups in total. The quantitative estimate of drug-likeness (QED) is 0.831. The summed E-state index contributed by atoms with van der Waals surface area (Å²) >= 11 is 0. The van der Waals surface area contributed by atoms with Crippen LogP contribution < -0.4 is 5.32 Å². The van der Waals surface area contributed by atoms with Gasteiger partial charge in [-0.2, -0.15) is 0 Å². The topological polar surface area (TPSA) is 55.4 Å². The fraction of sp³-hybridized carbons (Fsp3) is 0.429. The van der Waals surface area contributed by atoms with Crippen molar-refractivity contribution in [1.29, 1.82) is 0 Å². The highest BCUT2D eigenvalue weighted by Gasteiger charge is 2.17. The number of hydrogen-bond donors (Lipinski definition) is 1. The molecule has 0 bridgehead atoms. The molecule has 1 aromatic rings. The second kappa shape index (κ2) is 7.57. The second-order valence-corrected chi connectivity index (χ2v) is 4.61. The van der Waals surface area contributed by atoms with E-state index < -0.39 is 28.9 Å². The summed E-state index contributed by atoms with van der Waals surface area (Å²) in [5.74, 6) is -2.47. The van der Waals surface area contributed by atoms with E-state index in [1.165, 1.54) is 0 Å². The molecule has 0 radical (unpaired) electrons. The van der Waals surface area contributed by atoms with E-state index in [1.54, 1.807) is 20.8 Å². The van der Waals surface area contributed by atoms with Gasteiger partial charge >= 0.3 is 6.09 Å². The molecule has 112 valence electrons. The molecule has 4 nitrogen and oxygen atoms in total. The number of rotatable bonds is 2. The molecule has 0 aliphatic carbocycles. The van der Waals surface area contributed by atoms with E-state index in [-0.39, 0.29) is 12.0 Å². The van der Waals surface area contributed by atoms with Crippen LogP contribution in [0.5, 0.6) is 0 Å². The zero-order valence-corrected chi connectivity index (χ0v) is 12.2. The number of hydrogen-bond acceptors (Lipinski definition) is 3. The van der Waals surface area contributed by atoms with Crippen molar-refractivity contribution in [3.8, 4) is 0 Å². The third-order valence-electron chi connectivity index (χ3n) is 1.83. The number of ether oxygens (including phenoxy) is 1. The summed E-state index contributed by atoms with van der Waals surface area (Å²) in [6.07, 6.45) is -0.649. The first-order chi connectivity index (χ1) is 9.23. The molecule has 0 aliphatic rings. The van der Waals surface area contributed by atoms with E-state index in [9.17, 15) is 18.4 Å². The van der Waals surface area contributed by atoms with Gasteiger partial charge in [-0.25, -0.2) is 13.6 Å². The van der Waals surface area contributed by atoms with Gasteiger partial charge in [0.25, 0.3) is 0 Å². The van der Waals surface area contributed by atoms with Crippen LogP contribution in [0.25, 0.3) is 0 Å². The van der Waals surface area contributed by atoms with Crippen molar-refractivity contribution in [2.24, 2.45) is 0 Å². The molecular weight excluding hydrogens is 268 g/mol. The molecule has 0 fully saturated rings. The number of aldehydes is 1. The monoisotopic (exact) mass is 287 g/mol. The Bertz CT molecular complexity index is 482. The van der Waals surface area contributed by atoms with Crippen LogP contribution in [-0.4, -0.2) is 18.0 Å². The Kier molecular flexibility index (Phi) is 6.82. The number of amides is 1. The van der Waals surface area contributed by atoms with Crippen molar-refractivity contribution in [2.45, 2.75) is 40.2 Å². The van der Waals surface area contributed by atoms with E-state index >= 15 is 0 Å². The third-order valence-corrected chi connectivity index (χ3v) is 1.83. The van der Waals surface area contributed by atoms with E-state index in [4.69, 9.17) is 4.74 Å². The van der Waals surface area contributed by atoms with Crippen LogP contribution in [0.2, 0.25) is 0 Å². The Balaban J connectivity index is 0.00000172. The van der Waals surface area contributed by atoms with Crippen LogP contribution in [0, 0.1) is 11.6 Å². The van der Waals surface area contributed by atoms with Gasteiger partial charge in [-0.1, -0.05) is 13.8 Å². The zero-order chi connectivity index (χ0) is 15.9. The van der Waals surface area contributed by atoms with Crippen molar-refractivity contribution < 1.29 is 23.1 Å². The highest BCUT2D eigenvalue weighted by atomic mass is 19.2. The molecule has 0 atom stereocenters. The smallest absolute Gasteiger partial charge is 0.412 e. The SMILES string of the molecule is CC.CC(C)(C)OC(=O)Nc1cc(F)c(F)c(C=O)c1. The number of benzene rings is 1. The van der Waals surface area contributed by atoms with Crippen LogP contribution >= 0.6 is 0 Å². The molecule has 1 amide bonds. The summed E-state index contributed by atoms with van der Waals surface area (Å²) in [5, 5.41) is 2.21. The van der Waals surface area contributed by atoms with E-state index in [0.717, 1.165) is 12.1 Å². The fourth-order valence-electron chi connectivity index (χ4n) is 1.19. The van der Waals surface area contributed by atoms with Crippen LogP contribution in [0.4, 0.5) is 19.3 Å². The van der Waals surface area contributed by atoms with Crippen molar-refractivity contribution in [2.75, 3.05) is 5.32 Å². The standard InChI is InChI=1S/C12H13F2NO3.C2H6/c1-12(2,3)18-11(17)15-8-4-7(6-16)10(14)9(13)5-8;1-2/h4-6H,1-3H3,(H,15,17);1-2H3. The number of halogens is 2. The lowest BCUT2D eigenvalue weighted by atomic mass is 10.2. The predicted octanol–water partition coefficient (Wildman–Crippen LogP) is 4.15. The largest absolute Gasteiger partial charge is 0.444 e. The summed E-state index contributed by atoms with van der Waals surface area (Å²) in [4.78, 5) is 21.9. The van der Waals surface area contributed by atoms with Crippen molar-refractivity contribution in [3.05, 3.63) is 29.3 Å². The maximum atomic E-state index is 13.1. The van der Waals surface area contributed by atoms with Crippen molar-refractivity contribution in [3.63, 3.8) is 0 Å². The van der Waals surface area contributed by atoms with Crippen LogP contribution in [0.3, 0.4) is 0 Å². The molecule has 6 heteroatoms. The van der Waals surface area contributed by atoms with Gasteiger partial charge in [0.2, 0.25) is 0 Å². The summed E-state index contributed by atoms with van der Waals surface area (Å²) in [6.45, 7) is 8.98. The van der Waals surface area contributed by atoms with E-state index in [1.807, 2.05) is 13.8 Å². The Morgan fingerprint density at radius 2 is 1.80 bits per heavy atom. The highest BCUT2D eigenvalue weighted by molar-refractivity contribution is 5.87. The Hall–Kier alpha value is -1.98. The van der Waals surface area contributed by atoms with Gasteiger partial charge in [0.15, 0.2) is 17.9 Å². The Morgan fingerprint density at radius 1 is 1.25 bits per heavy atom. The molecular formula is C14H19F2NO3. The van der Waals surface area contributed by atoms with Crippen LogP contribution in [-0.2, 0) is 4.74 Å². The van der Waals surface area contributed by atoms with Crippen LogP contribution in [0.15, 0.2) is 12.1 Å². The lowest BCUT2D eigenvalue weighted by Gasteiger charge is -2.19. The fourth-order valence-corrected chi connectivity index (χ4v) is 1.19. The molecule has 1 aromatic carbocycles. The lowest BCUT2D eigenvalue weighted by Crippen LogP contribution is -2.27. The Labute approximate surface area is 117 Å². The number of carbonyl (C=O) groups excluding carboxylic acids is 2. The minimum Gasteiger partial charge on any atom is -0.444 e. The second-order valence-electron chi connectivity index (χ2n) is 4.61. The molecule has 20 heavy (non-hydrogen) atoms. The lowest BCUT2D eigenvalue weighted by molar-refractivity contribution is 0.0635. The normalized spacial score (nSPS) is 10.2. The Morgan fingerprint density at radius 3 is 2.25 bits per heavy atom. The third kappa shape index (κ3) is 5.77. The van der Waals surface area contributed by atoms with Gasteiger partial charge in [-0.15, -0.1) is 0 Å². The molecule has 1 rings (SSSR count). The molecule has 0 heterocycles. The maximum absolute atomic E-state index is 13.1. The number of anilines is 1. The van der Waals surface area contributed by atoms with Gasteiger partial charge in [0.05, 0.1) is 5.56 Å². The van der Waals surface area contributed by atoms with Gasteiger partial charge < -0.3 is 4.74 Å². The van der Waals surface area contributed by atoms with Gasteiger partial charge in [0, 0.05) is 11.8 Å². The summed E-state index contributed by atoms with van der Waals surface area (Å²) in [7, 11) is 0. The summed E-state index contributed by atoms with van der Waals surface area (Å²) < 4.78 is 31.1. The molecule has 0 aromatic heterocycles. The zero-order valence-electron chi connectivity index (χ0n) is 12.2. The average Bonchev–Trinajstić information content (AvgIpc) is 2.33. The molecule has 0 unspecified atom stereocenters. The summed E-state index contributed by atoms with van der Waals surface area (Å²) in [6, 6.07) is 1.79. The van der Waals surface area contributed by atoms with E-state index in [2.05, 4.69) is 5.32 Å². The van der Waals surface area contributed by atoms with Crippen molar-refractivity contribution >= 4 is 18.1 Å². The van der Waals surface area contributed by atoms with Gasteiger partial charge in [-0.05, 0) is 26.8 Å². The first-order valence-corrected chi connectivity index (χ1v) is 6.17. The van der Waals surface area contributed by atoms with Gasteiger partial charge in [-0.3, -0.25) is 10.1 Å². The molecule has 0 saturated heterocycles. The summed E-state index contributed by atoms with van der Waals surface area (Å²) in [5.41, 5.74) is -1.23. The minimum atomic E-state index is -1.25. The first kappa shape index (κ1) is 18.0. The molecule has 0 saturated carbocycles. The first-order valence-electron chi connectivity index (χ1n) is 6.17. The number of carbonyl (C=O) groups is 2. The maximum Gasteiger partial charge on any atom is 0.412 e. The highest BCUT2D eigenvalue weighted by Crippen LogP contribution is 2.18. The average molecular weight is 287 g/mol. The van der Waals surface area contributed by atoms with Crippen molar-refractivity contribution in [1.82, 2.24) is 0 Å². The van der Waals surface area contributed by atoms with Crippen LogP contribution in [0.1, 0.15) is 45.0 Å². The predicted molar refractivity (Wildman–Crippen MR) is 73.0 cm³/mol. The molecule has 0 spiro atoms.